The van der Waals surface area contributed by atoms with Gasteiger partial charge in [0, 0.05) is 36.4 Å². The first-order valence-electron chi connectivity index (χ1n) is 10.9. The lowest BCUT2D eigenvalue weighted by Crippen LogP contribution is -2.26. The van der Waals surface area contributed by atoms with Crippen LogP contribution in [-0.4, -0.2) is 36.2 Å². The van der Waals surface area contributed by atoms with Crippen LogP contribution >= 0.6 is 0 Å². The molecule has 0 unspecified atom stereocenters. The molecule has 34 heavy (non-hydrogen) atoms. The maximum atomic E-state index is 12.4. The van der Waals surface area contributed by atoms with Gasteiger partial charge in [-0.15, -0.1) is 0 Å². The van der Waals surface area contributed by atoms with Gasteiger partial charge in [-0.25, -0.2) is 10.5 Å². The maximum absolute atomic E-state index is 12.4. The molecule has 0 aliphatic carbocycles. The second-order valence-electron chi connectivity index (χ2n) is 7.82. The minimum atomic E-state index is -0.307. The van der Waals surface area contributed by atoms with Gasteiger partial charge < -0.3 is 15.8 Å². The van der Waals surface area contributed by atoms with Crippen LogP contribution in [0.5, 0.6) is 0 Å². The highest BCUT2D eigenvalue weighted by Crippen LogP contribution is 2.26. The Morgan fingerprint density at radius 2 is 1.94 bits per heavy atom. The van der Waals surface area contributed by atoms with E-state index in [0.717, 1.165) is 33.3 Å². The molecule has 4 N–H and O–H groups in total. The Hall–Kier alpha value is -4.01. The van der Waals surface area contributed by atoms with Gasteiger partial charge in [0.1, 0.15) is 5.82 Å². The van der Waals surface area contributed by atoms with Gasteiger partial charge in [-0.2, -0.15) is 0 Å². The molecule has 4 aromatic rings. The smallest absolute Gasteiger partial charge is 0.275 e. The molecule has 0 aliphatic rings. The van der Waals surface area contributed by atoms with E-state index in [-0.39, 0.29) is 12.5 Å². The molecule has 2 aromatic heterocycles. The summed E-state index contributed by atoms with van der Waals surface area (Å²) in [5, 5.41) is 4.42. The first-order chi connectivity index (χ1) is 16.5. The van der Waals surface area contributed by atoms with Crippen molar-refractivity contribution in [1.82, 2.24) is 15.4 Å². The van der Waals surface area contributed by atoms with E-state index >= 15 is 0 Å². The normalized spacial score (nSPS) is 10.9. The lowest BCUT2D eigenvalue weighted by Gasteiger charge is -2.12. The fraction of sp³-hybridized carbons (Fsp3) is 0.192. The summed E-state index contributed by atoms with van der Waals surface area (Å²) in [6, 6.07) is 19.3. The number of hydroxylamine groups is 1. The molecular weight excluding hydrogens is 430 g/mol. The van der Waals surface area contributed by atoms with Crippen molar-refractivity contribution >= 4 is 28.3 Å². The number of hydrogen-bond acceptors (Lipinski definition) is 7. The highest BCUT2D eigenvalue weighted by Gasteiger charge is 2.12. The summed E-state index contributed by atoms with van der Waals surface area (Å²) in [7, 11) is 1.57. The molecule has 0 radical (unpaired) electrons. The van der Waals surface area contributed by atoms with Crippen LogP contribution < -0.4 is 16.5 Å². The number of carbonyl (C=O) groups excluding carboxylic acids is 1. The third-order valence-electron chi connectivity index (χ3n) is 5.38. The zero-order valence-corrected chi connectivity index (χ0v) is 19.2. The van der Waals surface area contributed by atoms with Crippen LogP contribution in [0, 0.1) is 6.92 Å². The molecule has 2 aromatic carbocycles. The molecule has 0 bridgehead atoms. The van der Waals surface area contributed by atoms with E-state index in [9.17, 15) is 4.79 Å². The van der Waals surface area contributed by atoms with E-state index < -0.39 is 0 Å². The number of amides is 1. The number of carbonyl (C=O) groups is 1. The number of methoxy groups -OCH3 is 1. The summed E-state index contributed by atoms with van der Waals surface area (Å²) in [6.07, 6.45) is 1.79. The van der Waals surface area contributed by atoms with Crippen molar-refractivity contribution < 1.29 is 14.4 Å². The number of anilines is 2. The lowest BCUT2D eigenvalue weighted by molar-refractivity contribution is 0.00885. The molecule has 0 spiro atoms. The van der Waals surface area contributed by atoms with Crippen LogP contribution in [0.25, 0.3) is 22.2 Å². The maximum Gasteiger partial charge on any atom is 0.275 e. The molecule has 1 amide bonds. The first kappa shape index (κ1) is 23.2. The van der Waals surface area contributed by atoms with Gasteiger partial charge in [0.2, 0.25) is 0 Å². The lowest BCUT2D eigenvalue weighted by atomic mass is 10.0. The Labute approximate surface area is 198 Å². The van der Waals surface area contributed by atoms with Gasteiger partial charge in [0.15, 0.2) is 0 Å². The summed E-state index contributed by atoms with van der Waals surface area (Å²) >= 11 is 0. The summed E-state index contributed by atoms with van der Waals surface area (Å²) < 4.78 is 4.90. The molecule has 4 rings (SSSR count). The number of rotatable bonds is 9. The zero-order chi connectivity index (χ0) is 23.9. The molecule has 0 aliphatic heterocycles. The van der Waals surface area contributed by atoms with Gasteiger partial charge in [0.05, 0.1) is 30.1 Å². The molecule has 2 heterocycles. The molecule has 8 heteroatoms. The molecular formula is C26H27N5O3. The Kier molecular flexibility index (Phi) is 7.31. The third-order valence-corrected chi connectivity index (χ3v) is 5.38. The molecule has 0 atom stereocenters. The number of nitrogens with zero attached hydrogens (tertiary/aromatic N) is 2. The predicted octanol–water partition coefficient (Wildman–Crippen LogP) is 4.11. The number of fused-ring (bicyclic) bond motifs is 1. The van der Waals surface area contributed by atoms with E-state index in [4.69, 9.17) is 20.3 Å². The van der Waals surface area contributed by atoms with Crippen LogP contribution in [-0.2, 0) is 16.1 Å². The number of pyridine rings is 2. The number of nitrogens with two attached hydrogens (primary N) is 1. The minimum Gasteiger partial charge on any atom is -0.396 e. The van der Waals surface area contributed by atoms with Crippen molar-refractivity contribution in [2.45, 2.75) is 13.5 Å². The van der Waals surface area contributed by atoms with Crippen molar-refractivity contribution in [3.05, 3.63) is 83.6 Å². The standard InChI is InChI=1S/C26H27N5O3/c1-17-14-20(6-7-21(17)26(32)31-34-13-12-33-2)24-10-8-22(27)25(30-24)29-16-18-5-9-23-19(15-18)4-3-11-28-23/h3-11,14-15H,12-13,16,27H2,1-2H3,(H,29,30)(H,31,32). The van der Waals surface area contributed by atoms with Crippen molar-refractivity contribution in [3.63, 3.8) is 0 Å². The van der Waals surface area contributed by atoms with E-state index in [1.807, 2.05) is 55.5 Å². The highest BCUT2D eigenvalue weighted by atomic mass is 16.7. The number of aromatic nitrogens is 2. The van der Waals surface area contributed by atoms with Gasteiger partial charge in [-0.05, 0) is 60.5 Å². The van der Waals surface area contributed by atoms with Gasteiger partial charge >= 0.3 is 0 Å². The first-order valence-corrected chi connectivity index (χ1v) is 10.9. The summed E-state index contributed by atoms with van der Waals surface area (Å²) in [5.41, 5.74) is 14.2. The second-order valence-corrected chi connectivity index (χ2v) is 7.82. The van der Waals surface area contributed by atoms with E-state index in [0.29, 0.717) is 30.2 Å². The van der Waals surface area contributed by atoms with Crippen LogP contribution in [0.2, 0.25) is 0 Å². The summed E-state index contributed by atoms with van der Waals surface area (Å²) in [4.78, 5) is 26.5. The van der Waals surface area contributed by atoms with E-state index in [1.165, 1.54) is 0 Å². The molecule has 174 valence electrons. The second kappa shape index (κ2) is 10.7. The zero-order valence-electron chi connectivity index (χ0n) is 19.2. The third kappa shape index (κ3) is 5.48. The van der Waals surface area contributed by atoms with Crippen LogP contribution in [0.1, 0.15) is 21.5 Å². The predicted molar refractivity (Wildman–Crippen MR) is 133 cm³/mol. The number of ether oxygens (including phenoxy) is 1. The number of nitrogen functional groups attached to an aromatic ring is 1. The van der Waals surface area contributed by atoms with Gasteiger partial charge in [-0.3, -0.25) is 14.6 Å². The molecule has 0 saturated carbocycles. The Morgan fingerprint density at radius 1 is 1.06 bits per heavy atom. The van der Waals surface area contributed by atoms with E-state index in [1.54, 1.807) is 19.4 Å². The van der Waals surface area contributed by atoms with Crippen LogP contribution in [0.3, 0.4) is 0 Å². The minimum absolute atomic E-state index is 0.278. The highest BCUT2D eigenvalue weighted by molar-refractivity contribution is 5.95. The fourth-order valence-electron chi connectivity index (χ4n) is 3.57. The van der Waals surface area contributed by atoms with Crippen molar-refractivity contribution in [2.75, 3.05) is 31.4 Å². The molecule has 8 nitrogen and oxygen atoms in total. The Morgan fingerprint density at radius 3 is 2.76 bits per heavy atom. The number of nitrogens with one attached hydrogen (secondary N) is 2. The number of benzene rings is 2. The quantitative estimate of drug-likeness (QED) is 0.256. The number of aryl methyl sites for hydroxylation is 1. The average Bonchev–Trinajstić information content (AvgIpc) is 2.86. The van der Waals surface area contributed by atoms with E-state index in [2.05, 4.69) is 21.8 Å². The largest absolute Gasteiger partial charge is 0.396 e. The van der Waals surface area contributed by atoms with Crippen LogP contribution in [0.4, 0.5) is 11.5 Å². The topological polar surface area (TPSA) is 111 Å². The Bertz CT molecular complexity index is 1310. The van der Waals surface area contributed by atoms with Crippen LogP contribution in [0.15, 0.2) is 66.9 Å². The number of hydrogen-bond donors (Lipinski definition) is 3. The van der Waals surface area contributed by atoms with Crippen molar-refractivity contribution in [3.8, 4) is 11.3 Å². The summed E-state index contributed by atoms with van der Waals surface area (Å²) in [6.45, 7) is 3.13. The average molecular weight is 458 g/mol. The fourth-order valence-corrected chi connectivity index (χ4v) is 3.57. The Balaban J connectivity index is 1.47. The molecule has 0 saturated heterocycles. The monoisotopic (exact) mass is 457 g/mol. The molecule has 0 fully saturated rings. The van der Waals surface area contributed by atoms with Crippen molar-refractivity contribution in [1.29, 1.82) is 0 Å². The SMILES string of the molecule is COCCONC(=O)c1ccc(-c2ccc(N)c(NCc3ccc4ncccc4c3)n2)cc1C. The summed E-state index contributed by atoms with van der Waals surface area (Å²) in [5.74, 6) is 0.299. The van der Waals surface area contributed by atoms with Crippen molar-refractivity contribution in [2.24, 2.45) is 0 Å². The van der Waals surface area contributed by atoms with Gasteiger partial charge in [0.25, 0.3) is 5.91 Å². The van der Waals surface area contributed by atoms with Gasteiger partial charge in [-0.1, -0.05) is 18.2 Å².